The molecule has 2 aliphatic heterocycles. The summed E-state index contributed by atoms with van der Waals surface area (Å²) in [5, 5.41) is 9.70. The van der Waals surface area contributed by atoms with Gasteiger partial charge in [0.15, 0.2) is 5.96 Å². The average Bonchev–Trinajstić information content (AvgIpc) is 2.84. The molecule has 2 aliphatic rings. The van der Waals surface area contributed by atoms with Crippen LogP contribution in [0.4, 0.5) is 0 Å². The van der Waals surface area contributed by atoms with Gasteiger partial charge in [0, 0.05) is 32.7 Å². The van der Waals surface area contributed by atoms with Crippen LogP contribution in [0.25, 0.3) is 0 Å². The van der Waals surface area contributed by atoms with Crippen molar-refractivity contribution in [1.29, 1.82) is 0 Å². The lowest BCUT2D eigenvalue weighted by molar-refractivity contribution is 0.174. The van der Waals surface area contributed by atoms with Gasteiger partial charge in [-0.2, -0.15) is 0 Å². The molecular formula is C19H30N4O. The minimum atomic E-state index is -0.172. The van der Waals surface area contributed by atoms with E-state index in [1.54, 1.807) is 0 Å². The molecule has 0 aromatic heterocycles. The van der Waals surface area contributed by atoms with Gasteiger partial charge in [0.2, 0.25) is 0 Å². The van der Waals surface area contributed by atoms with Gasteiger partial charge in [0.25, 0.3) is 0 Å². The van der Waals surface area contributed by atoms with E-state index >= 15 is 0 Å². The third kappa shape index (κ3) is 4.71. The highest BCUT2D eigenvalue weighted by Gasteiger charge is 2.20. The van der Waals surface area contributed by atoms with E-state index in [1.165, 1.54) is 36.8 Å². The molecule has 0 saturated carbocycles. The van der Waals surface area contributed by atoms with Crippen LogP contribution in [0, 0.1) is 0 Å². The largest absolute Gasteiger partial charge is 0.392 e. The molecule has 3 rings (SSSR count). The Morgan fingerprint density at radius 1 is 1.08 bits per heavy atom. The lowest BCUT2D eigenvalue weighted by Crippen LogP contribution is -2.38. The van der Waals surface area contributed by atoms with Gasteiger partial charge in [-0.3, -0.25) is 4.90 Å². The van der Waals surface area contributed by atoms with E-state index in [1.807, 2.05) is 0 Å². The highest BCUT2D eigenvalue weighted by molar-refractivity contribution is 5.78. The van der Waals surface area contributed by atoms with Gasteiger partial charge >= 0.3 is 0 Å². The quantitative estimate of drug-likeness (QED) is 0.654. The fourth-order valence-electron chi connectivity index (χ4n) is 3.63. The molecule has 24 heavy (non-hydrogen) atoms. The van der Waals surface area contributed by atoms with Crippen molar-refractivity contribution in [2.24, 2.45) is 10.7 Å². The lowest BCUT2D eigenvalue weighted by Gasteiger charge is -2.21. The van der Waals surface area contributed by atoms with Gasteiger partial charge in [-0.05, 0) is 30.4 Å². The van der Waals surface area contributed by atoms with Gasteiger partial charge in [0.05, 0.1) is 12.6 Å². The maximum absolute atomic E-state index is 9.70. The molecule has 1 aromatic rings. The van der Waals surface area contributed by atoms with Crippen LogP contribution in [0.3, 0.4) is 0 Å². The average molecular weight is 330 g/mol. The van der Waals surface area contributed by atoms with Gasteiger partial charge in [-0.25, -0.2) is 4.99 Å². The van der Waals surface area contributed by atoms with Crippen molar-refractivity contribution in [2.75, 3.05) is 26.2 Å². The van der Waals surface area contributed by atoms with Gasteiger partial charge in [0.1, 0.15) is 0 Å². The fraction of sp³-hybridized carbons (Fsp3) is 0.632. The van der Waals surface area contributed by atoms with E-state index in [0.29, 0.717) is 12.5 Å². The Morgan fingerprint density at radius 3 is 2.46 bits per heavy atom. The summed E-state index contributed by atoms with van der Waals surface area (Å²) in [5.41, 5.74) is 8.75. The summed E-state index contributed by atoms with van der Waals surface area (Å²) >= 11 is 0. The number of rotatable bonds is 4. The number of guanidine groups is 1. The Balaban J connectivity index is 1.62. The highest BCUT2D eigenvalue weighted by Crippen LogP contribution is 2.17. The molecule has 2 saturated heterocycles. The maximum atomic E-state index is 9.70. The van der Waals surface area contributed by atoms with Crippen molar-refractivity contribution < 1.29 is 5.11 Å². The predicted molar refractivity (Wildman–Crippen MR) is 97.7 cm³/mol. The third-order valence-corrected chi connectivity index (χ3v) is 5.10. The molecule has 0 bridgehead atoms. The van der Waals surface area contributed by atoms with Crippen molar-refractivity contribution in [3.05, 3.63) is 35.4 Å². The van der Waals surface area contributed by atoms with Gasteiger partial charge < -0.3 is 15.7 Å². The molecule has 1 atom stereocenters. The summed E-state index contributed by atoms with van der Waals surface area (Å²) in [6.07, 6.45) is 5.73. The van der Waals surface area contributed by atoms with Gasteiger partial charge in [-0.15, -0.1) is 0 Å². The zero-order valence-corrected chi connectivity index (χ0v) is 14.5. The Hall–Kier alpha value is -1.59. The zero-order valence-electron chi connectivity index (χ0n) is 14.5. The van der Waals surface area contributed by atoms with E-state index < -0.39 is 0 Å². The molecule has 5 heteroatoms. The summed E-state index contributed by atoms with van der Waals surface area (Å²) in [5.74, 6) is 0.684. The fourth-order valence-corrected chi connectivity index (χ4v) is 3.63. The number of aliphatic hydroxyl groups is 1. The minimum Gasteiger partial charge on any atom is -0.392 e. The number of hydrogen-bond acceptors (Lipinski definition) is 3. The number of hydrogen-bond donors (Lipinski definition) is 2. The van der Waals surface area contributed by atoms with E-state index in [2.05, 4.69) is 39.1 Å². The Labute approximate surface area is 145 Å². The summed E-state index contributed by atoms with van der Waals surface area (Å²) < 4.78 is 0. The van der Waals surface area contributed by atoms with E-state index in [9.17, 15) is 5.11 Å². The molecule has 1 aromatic carbocycles. The molecule has 0 spiro atoms. The molecule has 0 aliphatic carbocycles. The normalized spacial score (nSPS) is 23.5. The first-order valence-corrected chi connectivity index (χ1v) is 9.24. The number of nitrogens with two attached hydrogens (primary N) is 1. The first kappa shape index (κ1) is 17.2. The molecule has 0 amide bonds. The van der Waals surface area contributed by atoms with Crippen LogP contribution in [0.1, 0.15) is 43.2 Å². The summed E-state index contributed by atoms with van der Waals surface area (Å²) in [6.45, 7) is 5.31. The van der Waals surface area contributed by atoms with Crippen molar-refractivity contribution in [2.45, 2.75) is 51.3 Å². The van der Waals surface area contributed by atoms with Crippen LogP contribution in [0.2, 0.25) is 0 Å². The molecule has 132 valence electrons. The molecular weight excluding hydrogens is 300 g/mol. The van der Waals surface area contributed by atoms with Crippen LogP contribution >= 0.6 is 0 Å². The molecule has 0 radical (unpaired) electrons. The number of benzene rings is 1. The molecule has 2 fully saturated rings. The first-order valence-electron chi connectivity index (χ1n) is 9.24. The van der Waals surface area contributed by atoms with E-state index in [4.69, 9.17) is 5.73 Å². The molecule has 5 nitrogen and oxygen atoms in total. The summed E-state index contributed by atoms with van der Waals surface area (Å²) in [7, 11) is 0. The number of likely N-dealkylation sites (tertiary alicyclic amines) is 2. The number of aliphatic hydroxyl groups excluding tert-OH is 1. The van der Waals surface area contributed by atoms with Crippen molar-refractivity contribution in [3.8, 4) is 0 Å². The standard InChI is InChI=1S/C19H30N4O/c20-19(23-10-5-1-2-6-11-23)21-13-16-7-3-4-8-17(16)14-22-12-9-18(24)15-22/h3-4,7-8,18,24H,1-2,5-6,9-15H2,(H2,20,21). The number of β-amino-alcohol motifs (C(OH)–C–C–N with tert-alkyl or cyclic N) is 1. The molecule has 3 N–H and O–H groups in total. The van der Waals surface area contributed by atoms with E-state index in [0.717, 1.165) is 39.1 Å². The van der Waals surface area contributed by atoms with Crippen LogP contribution in [0.5, 0.6) is 0 Å². The second-order valence-corrected chi connectivity index (χ2v) is 7.02. The monoisotopic (exact) mass is 330 g/mol. The Morgan fingerprint density at radius 2 is 1.79 bits per heavy atom. The van der Waals surface area contributed by atoms with Crippen LogP contribution in [-0.2, 0) is 13.1 Å². The Kier molecular flexibility index (Phi) is 6.10. The van der Waals surface area contributed by atoms with Crippen molar-refractivity contribution in [1.82, 2.24) is 9.80 Å². The third-order valence-electron chi connectivity index (χ3n) is 5.10. The summed E-state index contributed by atoms with van der Waals surface area (Å²) in [6, 6.07) is 8.45. The van der Waals surface area contributed by atoms with Crippen LogP contribution < -0.4 is 5.73 Å². The number of nitrogens with zero attached hydrogens (tertiary/aromatic N) is 3. The molecule has 2 heterocycles. The maximum Gasteiger partial charge on any atom is 0.191 e. The predicted octanol–water partition coefficient (Wildman–Crippen LogP) is 1.94. The molecule has 1 unspecified atom stereocenters. The minimum absolute atomic E-state index is 0.172. The lowest BCUT2D eigenvalue weighted by atomic mass is 10.1. The van der Waals surface area contributed by atoms with Crippen molar-refractivity contribution in [3.63, 3.8) is 0 Å². The second kappa shape index (κ2) is 8.49. The van der Waals surface area contributed by atoms with Crippen molar-refractivity contribution >= 4 is 5.96 Å². The zero-order chi connectivity index (χ0) is 16.8. The van der Waals surface area contributed by atoms with Gasteiger partial charge in [-0.1, -0.05) is 37.1 Å². The van der Waals surface area contributed by atoms with Crippen LogP contribution in [-0.4, -0.2) is 53.1 Å². The topological polar surface area (TPSA) is 65.1 Å². The highest BCUT2D eigenvalue weighted by atomic mass is 16.3. The van der Waals surface area contributed by atoms with Crippen LogP contribution in [0.15, 0.2) is 29.3 Å². The second-order valence-electron chi connectivity index (χ2n) is 7.02. The van der Waals surface area contributed by atoms with E-state index in [-0.39, 0.29) is 6.10 Å². The Bertz CT molecular complexity index is 552. The smallest absolute Gasteiger partial charge is 0.191 e. The summed E-state index contributed by atoms with van der Waals surface area (Å²) in [4.78, 5) is 9.20. The SMILES string of the molecule is NC(=NCc1ccccc1CN1CCC(O)C1)N1CCCCCC1. The number of aliphatic imine (C=N–C) groups is 1. The first-order chi connectivity index (χ1) is 11.7.